The van der Waals surface area contributed by atoms with Gasteiger partial charge in [0.05, 0.1) is 50.1 Å². The number of ether oxygens (including phenoxy) is 3. The fraction of sp³-hybridized carbons (Fsp3) is 0.565. The Morgan fingerprint density at radius 3 is 2.81 bits per heavy atom. The monoisotopic (exact) mass is 426 g/mol. The maximum atomic E-state index is 12.6. The number of rotatable bonds is 5. The number of piperidine rings is 2. The summed E-state index contributed by atoms with van der Waals surface area (Å²) in [6, 6.07) is 5.70. The minimum Gasteiger partial charge on any atom is -0.504 e. The number of methoxy groups -OCH3 is 3. The number of hydrogen-bond acceptors (Lipinski definition) is 7. The van der Waals surface area contributed by atoms with Crippen molar-refractivity contribution in [1.82, 2.24) is 4.90 Å². The molecule has 3 heterocycles. The Morgan fingerprint density at radius 1 is 1.39 bits per heavy atom. The fourth-order valence-electron chi connectivity index (χ4n) is 5.87. The predicted octanol–water partition coefficient (Wildman–Crippen LogP) is 1.75. The Hall–Kier alpha value is -2.32. The van der Waals surface area contributed by atoms with E-state index in [9.17, 15) is 9.90 Å². The van der Waals surface area contributed by atoms with Gasteiger partial charge in [-0.25, -0.2) is 4.79 Å². The van der Waals surface area contributed by atoms with Crippen molar-refractivity contribution >= 4 is 25.2 Å². The highest BCUT2D eigenvalue weighted by Crippen LogP contribution is 2.54. The number of carbonyl (C=O) groups is 1. The molecule has 8 heteroatoms. The molecule has 166 valence electrons. The van der Waals surface area contributed by atoms with Crippen LogP contribution in [0.3, 0.4) is 0 Å². The van der Waals surface area contributed by atoms with Crippen LogP contribution in [0.1, 0.15) is 31.7 Å². The number of esters is 1. The topological polar surface area (TPSA) is 80.6 Å². The zero-order chi connectivity index (χ0) is 22.4. The third kappa shape index (κ3) is 3.19. The van der Waals surface area contributed by atoms with E-state index in [0.29, 0.717) is 24.2 Å². The molecule has 1 N–H and O–H groups in total. The first kappa shape index (κ1) is 21.9. The first-order valence-corrected chi connectivity index (χ1v) is 10.9. The van der Waals surface area contributed by atoms with E-state index in [2.05, 4.69) is 19.7 Å². The molecule has 3 aliphatic heterocycles. The average Bonchev–Trinajstić information content (AvgIpc) is 3.10. The lowest BCUT2D eigenvalue weighted by Gasteiger charge is -2.57. The number of benzene rings is 1. The van der Waals surface area contributed by atoms with E-state index in [1.165, 1.54) is 13.4 Å². The molecular formula is C23H31BN2O5. The van der Waals surface area contributed by atoms with Gasteiger partial charge in [-0.15, -0.1) is 0 Å². The molecule has 2 saturated heterocycles. The van der Waals surface area contributed by atoms with E-state index in [0.717, 1.165) is 36.5 Å². The Kier molecular flexibility index (Phi) is 5.64. The van der Waals surface area contributed by atoms with Gasteiger partial charge in [-0.1, -0.05) is 19.4 Å². The molecule has 31 heavy (non-hydrogen) atoms. The van der Waals surface area contributed by atoms with Crippen molar-refractivity contribution in [3.8, 4) is 5.75 Å². The number of carbonyl (C=O) groups excluding carboxylic acids is 1. The maximum absolute atomic E-state index is 12.6. The minimum absolute atomic E-state index is 0.0608. The van der Waals surface area contributed by atoms with E-state index in [1.807, 2.05) is 18.2 Å². The van der Waals surface area contributed by atoms with Crippen molar-refractivity contribution in [1.29, 1.82) is 0 Å². The second-order valence-electron chi connectivity index (χ2n) is 8.92. The van der Waals surface area contributed by atoms with Gasteiger partial charge in [0.1, 0.15) is 19.2 Å². The van der Waals surface area contributed by atoms with Crippen LogP contribution in [0.25, 0.3) is 0 Å². The third-order valence-corrected chi connectivity index (χ3v) is 7.44. The van der Waals surface area contributed by atoms with Gasteiger partial charge < -0.3 is 19.3 Å². The maximum Gasteiger partial charge on any atom is 0.337 e. The molecule has 0 saturated carbocycles. The van der Waals surface area contributed by atoms with Gasteiger partial charge in [-0.3, -0.25) is 9.89 Å². The van der Waals surface area contributed by atoms with E-state index >= 15 is 0 Å². The van der Waals surface area contributed by atoms with Crippen LogP contribution in [-0.2, 0) is 19.9 Å². The molecule has 2 fully saturated rings. The zero-order valence-electron chi connectivity index (χ0n) is 19.0. The average molecular weight is 426 g/mol. The number of hydrogen-bond donors (Lipinski definition) is 1. The molecular weight excluding hydrogens is 395 g/mol. The molecule has 0 radical (unpaired) electrons. The zero-order valence-corrected chi connectivity index (χ0v) is 19.0. The summed E-state index contributed by atoms with van der Waals surface area (Å²) in [5.41, 5.74) is 1.12. The van der Waals surface area contributed by atoms with Crippen LogP contribution in [0.5, 0.6) is 5.75 Å². The van der Waals surface area contributed by atoms with Crippen LogP contribution in [0.15, 0.2) is 35.0 Å². The van der Waals surface area contributed by atoms with E-state index < -0.39 is 11.0 Å². The summed E-state index contributed by atoms with van der Waals surface area (Å²) in [6.45, 7) is 3.71. The van der Waals surface area contributed by atoms with Crippen LogP contribution in [0.2, 0.25) is 0 Å². The molecule has 0 aromatic heterocycles. The summed E-state index contributed by atoms with van der Waals surface area (Å²) in [7, 11) is 6.69. The predicted molar refractivity (Wildman–Crippen MR) is 120 cm³/mol. The Balaban J connectivity index is 1.79. The minimum atomic E-state index is -1.17. The number of aliphatic hydroxyl groups is 1. The molecule has 4 rings (SSSR count). The first-order chi connectivity index (χ1) is 14.8. The molecule has 4 atom stereocenters. The van der Waals surface area contributed by atoms with E-state index in [4.69, 9.17) is 19.2 Å². The van der Waals surface area contributed by atoms with Crippen LogP contribution in [0, 0.1) is 11.8 Å². The van der Waals surface area contributed by atoms with E-state index in [1.54, 1.807) is 14.2 Å². The summed E-state index contributed by atoms with van der Waals surface area (Å²) in [5.74, 6) is 0.504. The summed E-state index contributed by atoms with van der Waals surface area (Å²) >= 11 is 0. The van der Waals surface area contributed by atoms with E-state index in [-0.39, 0.29) is 17.8 Å². The Labute approximate surface area is 184 Å². The van der Waals surface area contributed by atoms with Crippen molar-refractivity contribution in [3.63, 3.8) is 0 Å². The summed E-state index contributed by atoms with van der Waals surface area (Å²) in [4.78, 5) is 20.0. The highest BCUT2D eigenvalue weighted by atomic mass is 16.5. The van der Waals surface area contributed by atoms with Gasteiger partial charge in [0.15, 0.2) is 0 Å². The number of aliphatic imine (C=N–C) groups is 1. The second-order valence-corrected chi connectivity index (χ2v) is 8.92. The van der Waals surface area contributed by atoms with Crippen LogP contribution in [0.4, 0.5) is 5.69 Å². The Bertz CT molecular complexity index is 948. The Morgan fingerprint density at radius 2 is 2.16 bits per heavy atom. The smallest absolute Gasteiger partial charge is 0.337 e. The lowest BCUT2D eigenvalue weighted by atomic mass is 9.55. The van der Waals surface area contributed by atoms with Crippen molar-refractivity contribution in [2.45, 2.75) is 37.2 Å². The fourth-order valence-corrected chi connectivity index (χ4v) is 5.87. The quantitative estimate of drug-likeness (QED) is 0.335. The molecule has 3 aliphatic rings. The van der Waals surface area contributed by atoms with Crippen molar-refractivity contribution < 1.29 is 24.1 Å². The van der Waals surface area contributed by atoms with Gasteiger partial charge in [0.25, 0.3) is 0 Å². The lowest BCUT2D eigenvalue weighted by Crippen LogP contribution is -2.69. The van der Waals surface area contributed by atoms with Crippen LogP contribution in [-0.4, -0.2) is 69.4 Å². The SMILES string of the molecule is B[C@@]12C[C@H](/C(=C\OC)C(=O)OC)[C@@H](CC)CN1CC[C@@]1(O)C2=Nc2cccc(OC)c21. The summed E-state index contributed by atoms with van der Waals surface area (Å²) in [6.07, 6.45) is 3.66. The standard InChI is InChI=1S/C23H31BN2O5/c1-5-14-12-26-10-9-22(28)19-17(7-6-8-18(19)30-3)25-21(22)23(26,24)11-15(14)16(13-29-2)20(27)31-4/h6-8,13-15,28H,5,9-12,24H2,1-4H3/b16-13+/t14-,15-,22-,23-/m0/s1. The van der Waals surface area contributed by atoms with Gasteiger partial charge in [0, 0.05) is 18.5 Å². The highest BCUT2D eigenvalue weighted by Gasteiger charge is 2.59. The van der Waals surface area contributed by atoms with Crippen LogP contribution >= 0.6 is 0 Å². The van der Waals surface area contributed by atoms with Crippen LogP contribution < -0.4 is 4.74 Å². The first-order valence-electron chi connectivity index (χ1n) is 10.9. The normalized spacial score (nSPS) is 32.4. The van der Waals surface area contributed by atoms with Gasteiger partial charge >= 0.3 is 5.97 Å². The lowest BCUT2D eigenvalue weighted by molar-refractivity contribution is -0.137. The van der Waals surface area contributed by atoms with Crippen molar-refractivity contribution in [2.24, 2.45) is 16.8 Å². The largest absolute Gasteiger partial charge is 0.504 e. The third-order valence-electron chi connectivity index (χ3n) is 7.44. The van der Waals surface area contributed by atoms with Gasteiger partial charge in [-0.05, 0) is 36.8 Å². The number of nitrogens with zero attached hydrogens (tertiary/aromatic N) is 2. The molecule has 0 aliphatic carbocycles. The van der Waals surface area contributed by atoms with Gasteiger partial charge in [0.2, 0.25) is 0 Å². The molecule has 1 aromatic rings. The number of fused-ring (bicyclic) bond motifs is 5. The molecule has 0 amide bonds. The van der Waals surface area contributed by atoms with Crippen molar-refractivity contribution in [2.75, 3.05) is 34.4 Å². The molecule has 7 nitrogen and oxygen atoms in total. The van der Waals surface area contributed by atoms with Gasteiger partial charge in [-0.2, -0.15) is 0 Å². The summed E-state index contributed by atoms with van der Waals surface area (Å²) in [5, 5.41) is 11.9. The molecule has 0 unspecified atom stereocenters. The molecule has 1 aromatic carbocycles. The molecule has 0 bridgehead atoms. The summed E-state index contributed by atoms with van der Waals surface area (Å²) < 4.78 is 15.9. The second kappa shape index (κ2) is 7.99. The molecule has 0 spiro atoms. The highest BCUT2D eigenvalue weighted by molar-refractivity contribution is 6.33. The van der Waals surface area contributed by atoms with Crippen molar-refractivity contribution in [3.05, 3.63) is 35.6 Å².